The molecule has 1 aromatic carbocycles. The summed E-state index contributed by atoms with van der Waals surface area (Å²) in [6, 6.07) is 6.31. The van der Waals surface area contributed by atoms with Gasteiger partial charge >= 0.3 is 5.97 Å². The number of benzene rings is 1. The number of ketones is 1. The number of esters is 1. The summed E-state index contributed by atoms with van der Waals surface area (Å²) in [5, 5.41) is 0.529. The van der Waals surface area contributed by atoms with E-state index in [0.717, 1.165) is 0 Å². The molecule has 0 aromatic heterocycles. The minimum atomic E-state index is -0.725. The molecule has 0 saturated heterocycles. The summed E-state index contributed by atoms with van der Waals surface area (Å²) in [4.78, 5) is 23.1. The van der Waals surface area contributed by atoms with Crippen molar-refractivity contribution in [1.82, 2.24) is 0 Å². The predicted molar refractivity (Wildman–Crippen MR) is 73.0 cm³/mol. The summed E-state index contributed by atoms with van der Waals surface area (Å²) < 4.78 is 4.56. The molecule has 0 bridgehead atoms. The maximum absolute atomic E-state index is 11.9. The number of methoxy groups -OCH3 is 1. The molecular formula is C11H9ClINO3. The van der Waals surface area contributed by atoms with Crippen LogP contribution in [0.4, 0.5) is 0 Å². The number of allylic oxidation sites excluding steroid dienone is 1. The normalized spacial score (nSPS) is 11.7. The summed E-state index contributed by atoms with van der Waals surface area (Å²) in [6.45, 7) is 0. The highest BCUT2D eigenvalue weighted by atomic mass is 127. The van der Waals surface area contributed by atoms with Crippen molar-refractivity contribution in [1.29, 1.82) is 0 Å². The van der Waals surface area contributed by atoms with E-state index in [2.05, 4.69) is 4.74 Å². The van der Waals surface area contributed by atoms with Gasteiger partial charge in [0.1, 0.15) is 5.70 Å². The van der Waals surface area contributed by atoms with Crippen LogP contribution in [0.2, 0.25) is 5.02 Å². The van der Waals surface area contributed by atoms with Crippen molar-refractivity contribution in [3.8, 4) is 0 Å². The summed E-state index contributed by atoms with van der Waals surface area (Å²) >= 11 is 7.42. The monoisotopic (exact) mass is 365 g/mol. The molecule has 0 unspecified atom stereocenters. The Kier molecular flexibility index (Phi) is 4.95. The van der Waals surface area contributed by atoms with Crippen LogP contribution in [0.1, 0.15) is 10.4 Å². The number of carbonyl (C=O) groups excluding carboxylic acids is 2. The van der Waals surface area contributed by atoms with Crippen molar-refractivity contribution in [3.63, 3.8) is 0 Å². The van der Waals surface area contributed by atoms with E-state index < -0.39 is 5.97 Å². The highest BCUT2D eigenvalue weighted by Gasteiger charge is 2.17. The molecule has 4 nitrogen and oxygen atoms in total. The number of carbonyl (C=O) groups is 2. The summed E-state index contributed by atoms with van der Waals surface area (Å²) in [7, 11) is 1.20. The Labute approximate surface area is 117 Å². The molecule has 2 N–H and O–H groups in total. The molecule has 1 aromatic rings. The van der Waals surface area contributed by atoms with Crippen LogP contribution in [0, 0.1) is 0 Å². The van der Waals surface area contributed by atoms with Gasteiger partial charge in [-0.3, -0.25) is 4.79 Å². The lowest BCUT2D eigenvalue weighted by Gasteiger charge is -2.04. The first kappa shape index (κ1) is 14.0. The summed E-state index contributed by atoms with van der Waals surface area (Å²) in [5.74, 6) is -1.07. The second-order valence-corrected chi connectivity index (χ2v) is 4.57. The van der Waals surface area contributed by atoms with E-state index in [4.69, 9.17) is 17.3 Å². The predicted octanol–water partition coefficient (Wildman–Crippen LogP) is 2.30. The quantitative estimate of drug-likeness (QED) is 0.386. The largest absolute Gasteiger partial charge is 0.464 e. The molecule has 17 heavy (non-hydrogen) atoms. The topological polar surface area (TPSA) is 69.4 Å². The molecule has 0 fully saturated rings. The Hall–Kier alpha value is -1.08. The van der Waals surface area contributed by atoms with Crippen molar-refractivity contribution in [3.05, 3.63) is 44.1 Å². The van der Waals surface area contributed by atoms with Gasteiger partial charge in [-0.15, -0.1) is 0 Å². The van der Waals surface area contributed by atoms with Crippen LogP contribution in [0.25, 0.3) is 0 Å². The Morgan fingerprint density at radius 3 is 2.29 bits per heavy atom. The fraction of sp³-hybridized carbons (Fsp3) is 0.0909. The van der Waals surface area contributed by atoms with Crippen LogP contribution in [0.15, 0.2) is 33.5 Å². The highest BCUT2D eigenvalue weighted by Crippen LogP contribution is 2.19. The lowest BCUT2D eigenvalue weighted by atomic mass is 10.1. The molecule has 0 heterocycles. The Morgan fingerprint density at radius 2 is 1.82 bits per heavy atom. The molecule has 1 rings (SSSR count). The third kappa shape index (κ3) is 3.44. The van der Waals surface area contributed by atoms with Crippen LogP contribution in [0.5, 0.6) is 0 Å². The van der Waals surface area contributed by atoms with E-state index in [9.17, 15) is 9.59 Å². The lowest BCUT2D eigenvalue weighted by molar-refractivity contribution is -0.136. The number of Topliss-reactive ketones (excluding diaryl/α,β-unsaturated/α-hetero) is 1. The van der Waals surface area contributed by atoms with Gasteiger partial charge in [0.25, 0.3) is 0 Å². The number of halogens is 2. The maximum Gasteiger partial charge on any atom is 0.355 e. The zero-order valence-electron chi connectivity index (χ0n) is 8.87. The molecule has 6 heteroatoms. The van der Waals surface area contributed by atoms with Crippen molar-refractivity contribution >= 4 is 45.9 Å². The second kappa shape index (κ2) is 6.02. The fourth-order valence-electron chi connectivity index (χ4n) is 1.05. The van der Waals surface area contributed by atoms with Crippen molar-refractivity contribution in [2.45, 2.75) is 0 Å². The Balaban J connectivity index is 3.05. The third-order valence-corrected chi connectivity index (χ3v) is 3.27. The van der Waals surface area contributed by atoms with Gasteiger partial charge in [-0.05, 0) is 46.9 Å². The maximum atomic E-state index is 11.9. The molecule has 0 spiro atoms. The van der Waals surface area contributed by atoms with E-state index in [1.807, 2.05) is 0 Å². The molecular weight excluding hydrogens is 356 g/mol. The molecule has 0 aliphatic carbocycles. The first-order chi connectivity index (χ1) is 7.97. The third-order valence-electron chi connectivity index (χ3n) is 1.95. The van der Waals surface area contributed by atoms with Crippen LogP contribution >= 0.6 is 34.2 Å². The van der Waals surface area contributed by atoms with Gasteiger partial charge in [-0.1, -0.05) is 11.6 Å². The lowest BCUT2D eigenvalue weighted by Crippen LogP contribution is -2.17. The number of nitrogens with two attached hydrogens (primary N) is 1. The standard InChI is InChI=1S/C11H9ClINO3/c1-17-11(16)9(14)8(13)10(15)6-2-4-7(12)5-3-6/h2-5H,14H2,1H3. The van der Waals surface area contributed by atoms with Crippen molar-refractivity contribution in [2.24, 2.45) is 5.73 Å². The van der Waals surface area contributed by atoms with Gasteiger partial charge in [0.15, 0.2) is 0 Å². The summed E-state index contributed by atoms with van der Waals surface area (Å²) in [6.07, 6.45) is 0. The van der Waals surface area contributed by atoms with Gasteiger partial charge in [0.2, 0.25) is 5.78 Å². The first-order valence-electron chi connectivity index (χ1n) is 4.51. The van der Waals surface area contributed by atoms with E-state index >= 15 is 0 Å². The van der Waals surface area contributed by atoms with E-state index in [1.54, 1.807) is 46.9 Å². The molecule has 0 amide bonds. The van der Waals surface area contributed by atoms with E-state index in [1.165, 1.54) is 7.11 Å². The second-order valence-electron chi connectivity index (χ2n) is 3.06. The number of hydrogen-bond donors (Lipinski definition) is 1. The molecule has 0 atom stereocenters. The van der Waals surface area contributed by atoms with E-state index in [-0.39, 0.29) is 15.1 Å². The summed E-state index contributed by atoms with van der Waals surface area (Å²) in [5.41, 5.74) is 5.70. The van der Waals surface area contributed by atoms with Gasteiger partial charge in [0.05, 0.1) is 10.7 Å². The molecule has 0 saturated carbocycles. The number of ether oxygens (including phenoxy) is 1. The molecule has 90 valence electrons. The minimum Gasteiger partial charge on any atom is -0.464 e. The average Bonchev–Trinajstić information content (AvgIpc) is 2.36. The molecule has 0 aliphatic rings. The fourth-order valence-corrected chi connectivity index (χ4v) is 1.71. The SMILES string of the molecule is COC(=O)C(N)=C(I)C(=O)c1ccc(Cl)cc1. The van der Waals surface area contributed by atoms with Crippen LogP contribution in [-0.2, 0) is 9.53 Å². The van der Waals surface area contributed by atoms with Crippen molar-refractivity contribution in [2.75, 3.05) is 7.11 Å². The van der Waals surface area contributed by atoms with Crippen molar-refractivity contribution < 1.29 is 14.3 Å². The molecule has 0 radical (unpaired) electrons. The van der Waals surface area contributed by atoms with Gasteiger partial charge in [-0.2, -0.15) is 0 Å². The van der Waals surface area contributed by atoms with E-state index in [0.29, 0.717) is 10.6 Å². The Bertz CT molecular complexity index is 482. The minimum absolute atomic E-state index is 0.122. The van der Waals surface area contributed by atoms with Crippen LogP contribution < -0.4 is 5.73 Å². The highest BCUT2D eigenvalue weighted by molar-refractivity contribution is 14.1. The van der Waals surface area contributed by atoms with Crippen LogP contribution in [0.3, 0.4) is 0 Å². The first-order valence-corrected chi connectivity index (χ1v) is 5.97. The average molecular weight is 366 g/mol. The molecule has 0 aliphatic heterocycles. The van der Waals surface area contributed by atoms with Gasteiger partial charge < -0.3 is 10.5 Å². The zero-order chi connectivity index (χ0) is 13.0. The zero-order valence-corrected chi connectivity index (χ0v) is 11.8. The Morgan fingerprint density at radius 1 is 1.29 bits per heavy atom. The van der Waals surface area contributed by atoms with Crippen LogP contribution in [-0.4, -0.2) is 18.9 Å². The number of hydrogen-bond acceptors (Lipinski definition) is 4. The van der Waals surface area contributed by atoms with Gasteiger partial charge in [0, 0.05) is 10.6 Å². The van der Waals surface area contributed by atoms with Gasteiger partial charge in [-0.25, -0.2) is 4.79 Å². The smallest absolute Gasteiger partial charge is 0.355 e. The number of rotatable bonds is 3.